The van der Waals surface area contributed by atoms with Crippen molar-refractivity contribution in [1.82, 2.24) is 5.32 Å². The molecule has 1 unspecified atom stereocenters. The number of hydrogen-bond acceptors (Lipinski definition) is 6. The van der Waals surface area contributed by atoms with E-state index in [2.05, 4.69) is 5.32 Å². The minimum Gasteiger partial charge on any atom is -0.489 e. The summed E-state index contributed by atoms with van der Waals surface area (Å²) in [4.78, 5) is 12.6. The Morgan fingerprint density at radius 1 is 0.744 bits per heavy atom. The Balaban J connectivity index is 1.28. The average molecular weight is 528 g/mol. The van der Waals surface area contributed by atoms with Crippen molar-refractivity contribution in [3.63, 3.8) is 0 Å². The fourth-order valence-corrected chi connectivity index (χ4v) is 3.86. The summed E-state index contributed by atoms with van der Waals surface area (Å²) in [5.74, 6) is 1.37. The summed E-state index contributed by atoms with van der Waals surface area (Å²) in [6, 6.07) is 32.2. The van der Waals surface area contributed by atoms with E-state index >= 15 is 0 Å². The molecule has 0 aliphatic heterocycles. The Bertz CT molecular complexity index is 1300. The zero-order chi connectivity index (χ0) is 27.3. The number of methoxy groups -OCH3 is 1. The Kier molecular flexibility index (Phi) is 10.3. The molecule has 0 aliphatic rings. The van der Waals surface area contributed by atoms with Gasteiger partial charge in [0.2, 0.25) is 0 Å². The molecular formula is C32H33NO6. The molecule has 39 heavy (non-hydrogen) atoms. The minimum atomic E-state index is -1.28. The first-order chi connectivity index (χ1) is 19.1. The molecule has 0 fully saturated rings. The number of aliphatic hydroxyl groups excluding tert-OH is 1. The third-order valence-electron chi connectivity index (χ3n) is 5.98. The van der Waals surface area contributed by atoms with Crippen LogP contribution in [0.15, 0.2) is 103 Å². The van der Waals surface area contributed by atoms with Gasteiger partial charge in [-0.15, -0.1) is 0 Å². The highest BCUT2D eigenvalue weighted by Crippen LogP contribution is 2.29. The van der Waals surface area contributed by atoms with Gasteiger partial charge in [0.25, 0.3) is 5.91 Å². The van der Waals surface area contributed by atoms with Crippen molar-refractivity contribution in [3.05, 3.63) is 125 Å². The molecule has 0 radical (unpaired) electrons. The highest BCUT2D eigenvalue weighted by atomic mass is 16.7. The molecule has 202 valence electrons. The topological polar surface area (TPSA) is 86.3 Å². The van der Waals surface area contributed by atoms with Crippen molar-refractivity contribution in [3.8, 4) is 17.2 Å². The van der Waals surface area contributed by atoms with E-state index in [9.17, 15) is 9.90 Å². The van der Waals surface area contributed by atoms with Crippen LogP contribution >= 0.6 is 0 Å². The molecule has 4 aromatic carbocycles. The predicted molar refractivity (Wildman–Crippen MR) is 149 cm³/mol. The standard InChI is InChI=1S/C32H33NO6/c1-36-23-39-29-17-12-24(20-30(29)38-22-26-10-6-3-7-11-26)18-19-33-32(35)31(34)27-13-15-28(16-14-27)37-21-25-8-4-2-5-9-25/h2-17,20,31,34H,18-19,21-23H2,1H3,(H,33,35). The van der Waals surface area contributed by atoms with Crippen molar-refractivity contribution >= 4 is 5.91 Å². The lowest BCUT2D eigenvalue weighted by molar-refractivity contribution is -0.129. The number of hydrogen-bond donors (Lipinski definition) is 2. The number of amides is 1. The lowest BCUT2D eigenvalue weighted by atomic mass is 10.1. The molecule has 4 aromatic rings. The summed E-state index contributed by atoms with van der Waals surface area (Å²) < 4.78 is 22.5. The number of nitrogens with one attached hydrogen (secondary N) is 1. The number of carbonyl (C=O) groups excluding carboxylic acids is 1. The van der Waals surface area contributed by atoms with Crippen LogP contribution in [0.5, 0.6) is 17.2 Å². The van der Waals surface area contributed by atoms with Crippen molar-refractivity contribution in [2.45, 2.75) is 25.7 Å². The minimum absolute atomic E-state index is 0.106. The van der Waals surface area contributed by atoms with Crippen LogP contribution in [0.25, 0.3) is 0 Å². The van der Waals surface area contributed by atoms with Crippen LogP contribution in [0.2, 0.25) is 0 Å². The summed E-state index contributed by atoms with van der Waals surface area (Å²) in [5.41, 5.74) is 3.55. The van der Waals surface area contributed by atoms with Crippen LogP contribution in [-0.2, 0) is 29.2 Å². The lowest BCUT2D eigenvalue weighted by Crippen LogP contribution is -2.30. The number of benzene rings is 4. The molecule has 0 heterocycles. The molecule has 0 aromatic heterocycles. The maximum Gasteiger partial charge on any atom is 0.253 e. The third-order valence-corrected chi connectivity index (χ3v) is 5.98. The summed E-state index contributed by atoms with van der Waals surface area (Å²) in [6.07, 6.45) is -0.723. The van der Waals surface area contributed by atoms with E-state index < -0.39 is 12.0 Å². The average Bonchev–Trinajstić information content (AvgIpc) is 2.99. The second-order valence-electron chi connectivity index (χ2n) is 8.89. The molecule has 7 nitrogen and oxygen atoms in total. The van der Waals surface area contributed by atoms with Gasteiger partial charge in [0.15, 0.2) is 24.4 Å². The van der Waals surface area contributed by atoms with Gasteiger partial charge in [0.05, 0.1) is 0 Å². The van der Waals surface area contributed by atoms with Gasteiger partial charge in [0.1, 0.15) is 19.0 Å². The van der Waals surface area contributed by atoms with Crippen molar-refractivity contribution in [2.24, 2.45) is 0 Å². The second-order valence-corrected chi connectivity index (χ2v) is 8.89. The highest BCUT2D eigenvalue weighted by molar-refractivity contribution is 5.81. The first-order valence-corrected chi connectivity index (χ1v) is 12.8. The van der Waals surface area contributed by atoms with Crippen LogP contribution in [0.3, 0.4) is 0 Å². The fraction of sp³-hybridized carbons (Fsp3) is 0.219. The van der Waals surface area contributed by atoms with Gasteiger partial charge in [-0.3, -0.25) is 4.79 Å². The molecule has 7 heteroatoms. The van der Waals surface area contributed by atoms with Crippen LogP contribution in [0, 0.1) is 0 Å². The number of aliphatic hydroxyl groups is 1. The van der Waals surface area contributed by atoms with Crippen LogP contribution in [0.4, 0.5) is 0 Å². The van der Waals surface area contributed by atoms with Gasteiger partial charge < -0.3 is 29.4 Å². The summed E-state index contributed by atoms with van der Waals surface area (Å²) in [5, 5.41) is 13.3. The maximum absolute atomic E-state index is 12.6. The molecule has 1 atom stereocenters. The number of rotatable bonds is 14. The van der Waals surface area contributed by atoms with E-state index in [-0.39, 0.29) is 6.79 Å². The Hall–Kier alpha value is -4.33. The van der Waals surface area contributed by atoms with Crippen LogP contribution in [-0.4, -0.2) is 31.5 Å². The van der Waals surface area contributed by atoms with Crippen molar-refractivity contribution in [2.75, 3.05) is 20.4 Å². The molecule has 0 bridgehead atoms. The van der Waals surface area contributed by atoms with E-state index in [1.54, 1.807) is 31.4 Å². The first-order valence-electron chi connectivity index (χ1n) is 12.8. The van der Waals surface area contributed by atoms with Crippen LogP contribution in [0.1, 0.15) is 28.4 Å². The van der Waals surface area contributed by atoms with Gasteiger partial charge in [0, 0.05) is 13.7 Å². The Labute approximate surface area is 228 Å². The quantitative estimate of drug-likeness (QED) is 0.219. The zero-order valence-electron chi connectivity index (χ0n) is 21.9. The Morgan fingerprint density at radius 2 is 1.38 bits per heavy atom. The fourth-order valence-electron chi connectivity index (χ4n) is 3.86. The number of carbonyl (C=O) groups is 1. The lowest BCUT2D eigenvalue weighted by Gasteiger charge is -2.15. The number of ether oxygens (including phenoxy) is 4. The third kappa shape index (κ3) is 8.60. The second kappa shape index (κ2) is 14.6. The van der Waals surface area contributed by atoms with E-state index in [4.69, 9.17) is 18.9 Å². The van der Waals surface area contributed by atoms with Crippen molar-refractivity contribution in [1.29, 1.82) is 0 Å². The maximum atomic E-state index is 12.6. The monoisotopic (exact) mass is 527 g/mol. The van der Waals surface area contributed by atoms with E-state index in [1.807, 2.05) is 78.9 Å². The highest BCUT2D eigenvalue weighted by Gasteiger charge is 2.17. The van der Waals surface area contributed by atoms with Crippen LogP contribution < -0.4 is 19.5 Å². The molecule has 0 saturated heterocycles. The molecule has 0 aliphatic carbocycles. The largest absolute Gasteiger partial charge is 0.489 e. The predicted octanol–water partition coefficient (Wildman–Crippen LogP) is 5.22. The summed E-state index contributed by atoms with van der Waals surface area (Å²) in [6.45, 7) is 1.30. The molecule has 1 amide bonds. The van der Waals surface area contributed by atoms with Gasteiger partial charge in [-0.2, -0.15) is 0 Å². The molecular weight excluding hydrogens is 494 g/mol. The smallest absolute Gasteiger partial charge is 0.253 e. The van der Waals surface area contributed by atoms with Gasteiger partial charge >= 0.3 is 0 Å². The SMILES string of the molecule is COCOc1ccc(CCNC(=O)C(O)c2ccc(OCc3ccccc3)cc2)cc1OCc1ccccc1. The summed E-state index contributed by atoms with van der Waals surface area (Å²) >= 11 is 0. The van der Waals surface area contributed by atoms with E-state index in [1.165, 1.54) is 0 Å². The molecule has 4 rings (SSSR count). The molecule has 2 N–H and O–H groups in total. The Morgan fingerprint density at radius 3 is 2.03 bits per heavy atom. The van der Waals surface area contributed by atoms with E-state index in [0.29, 0.717) is 49.0 Å². The molecule has 0 saturated carbocycles. The first kappa shape index (κ1) is 27.7. The van der Waals surface area contributed by atoms with Gasteiger partial charge in [-0.25, -0.2) is 0 Å². The van der Waals surface area contributed by atoms with Gasteiger partial charge in [-0.1, -0.05) is 78.9 Å². The molecule has 0 spiro atoms. The normalized spacial score (nSPS) is 11.4. The van der Waals surface area contributed by atoms with E-state index in [0.717, 1.165) is 16.7 Å². The van der Waals surface area contributed by atoms with Crippen molar-refractivity contribution < 1.29 is 28.8 Å². The van der Waals surface area contributed by atoms with Gasteiger partial charge in [-0.05, 0) is 52.9 Å². The zero-order valence-corrected chi connectivity index (χ0v) is 21.9. The summed E-state index contributed by atoms with van der Waals surface area (Å²) in [7, 11) is 1.56.